The Hall–Kier alpha value is -0.910. The van der Waals surface area contributed by atoms with Crippen molar-refractivity contribution >= 4 is 17.2 Å². The second-order valence-corrected chi connectivity index (χ2v) is 6.15. The number of carbonyl (C=O) groups excluding carboxylic acids is 1. The Morgan fingerprint density at radius 3 is 2.68 bits per heavy atom. The van der Waals surface area contributed by atoms with Crippen molar-refractivity contribution in [1.29, 1.82) is 0 Å². The fraction of sp³-hybridized carbons (Fsp3) is 0.643. The monoisotopic (exact) mass is 281 g/mol. The summed E-state index contributed by atoms with van der Waals surface area (Å²) in [6.07, 6.45) is 2.01. The quantitative estimate of drug-likeness (QED) is 0.884. The molecular formula is C14H23N3OS. The lowest BCUT2D eigenvalue weighted by Crippen LogP contribution is -2.48. The SMILES string of the molecule is CC(=O)NC1CCN(C(c2ccsc2)C(C)N)CC1. The molecule has 0 aliphatic carbocycles. The predicted octanol–water partition coefficient (Wildman–Crippen LogP) is 1.74. The van der Waals surface area contributed by atoms with Gasteiger partial charge in [0.2, 0.25) is 5.91 Å². The second kappa shape index (κ2) is 6.50. The minimum Gasteiger partial charge on any atom is -0.354 e. The average molecular weight is 281 g/mol. The number of thiophene rings is 1. The molecule has 1 fully saturated rings. The summed E-state index contributed by atoms with van der Waals surface area (Å²) in [5.41, 5.74) is 7.48. The summed E-state index contributed by atoms with van der Waals surface area (Å²) in [5.74, 6) is 0.0695. The summed E-state index contributed by atoms with van der Waals surface area (Å²) < 4.78 is 0. The summed E-state index contributed by atoms with van der Waals surface area (Å²) in [5, 5.41) is 7.30. The first-order valence-corrected chi connectivity index (χ1v) is 7.81. The van der Waals surface area contributed by atoms with Crippen LogP contribution in [0.5, 0.6) is 0 Å². The summed E-state index contributed by atoms with van der Waals surface area (Å²) in [6, 6.07) is 2.90. The van der Waals surface area contributed by atoms with E-state index in [1.165, 1.54) is 5.56 Å². The normalized spacial score (nSPS) is 21.0. The van der Waals surface area contributed by atoms with Crippen molar-refractivity contribution in [2.45, 2.75) is 44.8 Å². The summed E-state index contributed by atoms with van der Waals surface area (Å²) >= 11 is 1.72. The van der Waals surface area contributed by atoms with E-state index in [-0.39, 0.29) is 11.9 Å². The number of hydrogen-bond acceptors (Lipinski definition) is 4. The van der Waals surface area contributed by atoms with Gasteiger partial charge in [0.1, 0.15) is 0 Å². The van der Waals surface area contributed by atoms with E-state index in [4.69, 9.17) is 5.73 Å². The Kier molecular flexibility index (Phi) is 4.96. The first-order valence-electron chi connectivity index (χ1n) is 6.86. The topological polar surface area (TPSA) is 58.4 Å². The molecule has 0 radical (unpaired) electrons. The molecule has 1 aromatic heterocycles. The fourth-order valence-corrected chi connectivity index (χ4v) is 3.59. The van der Waals surface area contributed by atoms with Crippen LogP contribution in [0.2, 0.25) is 0 Å². The molecule has 1 aliphatic rings. The van der Waals surface area contributed by atoms with Crippen LogP contribution in [-0.2, 0) is 4.79 Å². The van der Waals surface area contributed by atoms with E-state index in [0.717, 1.165) is 25.9 Å². The lowest BCUT2D eigenvalue weighted by molar-refractivity contribution is -0.120. The molecular weight excluding hydrogens is 258 g/mol. The van der Waals surface area contributed by atoms with Crippen LogP contribution in [0.3, 0.4) is 0 Å². The summed E-state index contributed by atoms with van der Waals surface area (Å²) in [4.78, 5) is 13.5. The Bertz CT molecular complexity index is 397. The molecule has 3 N–H and O–H groups in total. The maximum atomic E-state index is 11.1. The standard InChI is InChI=1S/C14H23N3OS/c1-10(15)14(12-5-8-19-9-12)17-6-3-13(4-7-17)16-11(2)18/h5,8-10,13-14H,3-4,6-7,15H2,1-2H3,(H,16,18). The van der Waals surface area contributed by atoms with Crippen LogP contribution in [0.4, 0.5) is 0 Å². The van der Waals surface area contributed by atoms with E-state index in [0.29, 0.717) is 12.1 Å². The van der Waals surface area contributed by atoms with Crippen LogP contribution in [-0.4, -0.2) is 36.0 Å². The molecule has 1 aromatic rings. The van der Waals surface area contributed by atoms with Gasteiger partial charge < -0.3 is 11.1 Å². The van der Waals surface area contributed by atoms with E-state index in [9.17, 15) is 4.79 Å². The number of likely N-dealkylation sites (tertiary alicyclic amines) is 1. The van der Waals surface area contributed by atoms with Gasteiger partial charge in [0.05, 0.1) is 6.04 Å². The summed E-state index contributed by atoms with van der Waals surface area (Å²) in [7, 11) is 0. The first-order chi connectivity index (χ1) is 9.08. The van der Waals surface area contributed by atoms with Gasteiger partial charge in [-0.25, -0.2) is 0 Å². The molecule has 2 unspecified atom stereocenters. The van der Waals surface area contributed by atoms with E-state index in [2.05, 4.69) is 34.0 Å². The van der Waals surface area contributed by atoms with Gasteiger partial charge in [0.15, 0.2) is 0 Å². The van der Waals surface area contributed by atoms with Crippen LogP contribution in [0.25, 0.3) is 0 Å². The van der Waals surface area contributed by atoms with Crippen molar-refractivity contribution in [1.82, 2.24) is 10.2 Å². The van der Waals surface area contributed by atoms with Gasteiger partial charge in [-0.3, -0.25) is 9.69 Å². The van der Waals surface area contributed by atoms with Gasteiger partial charge in [-0.1, -0.05) is 0 Å². The highest BCUT2D eigenvalue weighted by molar-refractivity contribution is 7.07. The number of rotatable bonds is 4. The zero-order valence-electron chi connectivity index (χ0n) is 11.6. The molecule has 2 atom stereocenters. The fourth-order valence-electron chi connectivity index (χ4n) is 2.90. The molecule has 2 rings (SSSR count). The van der Waals surface area contributed by atoms with Gasteiger partial charge in [-0.05, 0) is 42.2 Å². The lowest BCUT2D eigenvalue weighted by atomic mass is 9.97. The zero-order chi connectivity index (χ0) is 13.8. The minimum absolute atomic E-state index is 0.0695. The number of carbonyl (C=O) groups is 1. The smallest absolute Gasteiger partial charge is 0.217 e. The Balaban J connectivity index is 1.96. The Morgan fingerprint density at radius 1 is 1.53 bits per heavy atom. The first kappa shape index (κ1) is 14.5. The maximum absolute atomic E-state index is 11.1. The van der Waals surface area contributed by atoms with Crippen LogP contribution in [0.15, 0.2) is 16.8 Å². The zero-order valence-corrected chi connectivity index (χ0v) is 12.5. The molecule has 1 aliphatic heterocycles. The van der Waals surface area contributed by atoms with Gasteiger partial charge in [-0.15, -0.1) is 0 Å². The Morgan fingerprint density at radius 2 is 2.21 bits per heavy atom. The van der Waals surface area contributed by atoms with Crippen LogP contribution < -0.4 is 11.1 Å². The van der Waals surface area contributed by atoms with E-state index in [1.54, 1.807) is 18.3 Å². The van der Waals surface area contributed by atoms with Gasteiger partial charge in [0, 0.05) is 32.1 Å². The van der Waals surface area contributed by atoms with Crippen LogP contribution in [0.1, 0.15) is 38.3 Å². The van der Waals surface area contributed by atoms with Crippen LogP contribution in [0, 0.1) is 0 Å². The van der Waals surface area contributed by atoms with Gasteiger partial charge in [-0.2, -0.15) is 11.3 Å². The molecule has 0 aromatic carbocycles. The molecule has 2 heterocycles. The third-order valence-electron chi connectivity index (χ3n) is 3.71. The molecule has 1 amide bonds. The highest BCUT2D eigenvalue weighted by Crippen LogP contribution is 2.28. The third-order valence-corrected chi connectivity index (χ3v) is 4.41. The molecule has 1 saturated heterocycles. The Labute approximate surface area is 119 Å². The largest absolute Gasteiger partial charge is 0.354 e. The highest BCUT2D eigenvalue weighted by Gasteiger charge is 2.28. The molecule has 0 spiro atoms. The maximum Gasteiger partial charge on any atom is 0.217 e. The number of nitrogens with zero attached hydrogens (tertiary/aromatic N) is 1. The van der Waals surface area contributed by atoms with Crippen molar-refractivity contribution < 1.29 is 4.79 Å². The number of amides is 1. The van der Waals surface area contributed by atoms with Crippen molar-refractivity contribution in [3.63, 3.8) is 0 Å². The molecule has 0 saturated carbocycles. The van der Waals surface area contributed by atoms with Crippen molar-refractivity contribution in [3.05, 3.63) is 22.4 Å². The third kappa shape index (κ3) is 3.78. The van der Waals surface area contributed by atoms with Gasteiger partial charge >= 0.3 is 0 Å². The molecule has 19 heavy (non-hydrogen) atoms. The molecule has 4 nitrogen and oxygen atoms in total. The van der Waals surface area contributed by atoms with E-state index in [1.807, 2.05) is 0 Å². The minimum atomic E-state index is 0.0695. The van der Waals surface area contributed by atoms with E-state index >= 15 is 0 Å². The highest BCUT2D eigenvalue weighted by atomic mass is 32.1. The molecule has 5 heteroatoms. The lowest BCUT2D eigenvalue weighted by Gasteiger charge is -2.39. The van der Waals surface area contributed by atoms with Crippen molar-refractivity contribution in [2.75, 3.05) is 13.1 Å². The number of nitrogens with one attached hydrogen (secondary N) is 1. The van der Waals surface area contributed by atoms with Crippen molar-refractivity contribution in [3.8, 4) is 0 Å². The molecule has 0 bridgehead atoms. The summed E-state index contributed by atoms with van der Waals surface area (Å²) in [6.45, 7) is 5.64. The van der Waals surface area contributed by atoms with Crippen LogP contribution >= 0.6 is 11.3 Å². The average Bonchev–Trinajstić information content (AvgIpc) is 2.84. The number of nitrogens with two attached hydrogens (primary N) is 1. The number of hydrogen-bond donors (Lipinski definition) is 2. The molecule has 106 valence electrons. The second-order valence-electron chi connectivity index (χ2n) is 5.37. The van der Waals surface area contributed by atoms with Gasteiger partial charge in [0.25, 0.3) is 0 Å². The van der Waals surface area contributed by atoms with Crippen molar-refractivity contribution in [2.24, 2.45) is 5.73 Å². The number of piperidine rings is 1. The van der Waals surface area contributed by atoms with E-state index < -0.39 is 0 Å². The predicted molar refractivity (Wildman–Crippen MR) is 79.1 cm³/mol.